The molecule has 3 nitrogen and oxygen atoms in total. The zero-order valence-corrected chi connectivity index (χ0v) is 8.93. The first kappa shape index (κ1) is 12.4. The van der Waals surface area contributed by atoms with Crippen molar-refractivity contribution in [2.45, 2.75) is 44.6 Å². The highest BCUT2D eigenvalue weighted by atomic mass is 19.3. The maximum Gasteiger partial charge on any atom is 0.255 e. The molecular formula is C10H18F2N2O. The summed E-state index contributed by atoms with van der Waals surface area (Å²) in [4.78, 5) is 11.6. The number of halogens is 2. The van der Waals surface area contributed by atoms with Crippen molar-refractivity contribution in [2.24, 2.45) is 11.7 Å². The summed E-state index contributed by atoms with van der Waals surface area (Å²) in [6, 6.07) is 0. The average Bonchev–Trinajstić information content (AvgIpc) is 2.13. The van der Waals surface area contributed by atoms with Crippen molar-refractivity contribution in [3.63, 3.8) is 0 Å². The summed E-state index contributed by atoms with van der Waals surface area (Å²) in [7, 11) is 0. The lowest BCUT2D eigenvalue weighted by Gasteiger charge is -2.35. The Bertz CT molecular complexity index is 235. The monoisotopic (exact) mass is 220 g/mol. The number of nitrogens with two attached hydrogens (primary N) is 1. The van der Waals surface area contributed by atoms with Crippen molar-refractivity contribution < 1.29 is 13.6 Å². The standard InChI is InChI=1S/C10H18F2N2O/c1-7-3-2-4-10(13,5-7)9(15)14-6-8(11)12/h7-8H,2-6,13H2,1H3,(H,14,15). The van der Waals surface area contributed by atoms with Gasteiger partial charge in [-0.1, -0.05) is 19.8 Å². The molecule has 0 bridgehead atoms. The molecule has 0 heterocycles. The average molecular weight is 220 g/mol. The van der Waals surface area contributed by atoms with Crippen LogP contribution in [0.2, 0.25) is 0 Å². The van der Waals surface area contributed by atoms with Crippen molar-refractivity contribution in [3.8, 4) is 0 Å². The predicted octanol–water partition coefficient (Wildman–Crippen LogP) is 1.28. The fraction of sp³-hybridized carbons (Fsp3) is 0.900. The molecule has 15 heavy (non-hydrogen) atoms. The normalized spacial score (nSPS) is 31.7. The van der Waals surface area contributed by atoms with Gasteiger partial charge in [0.2, 0.25) is 5.91 Å². The van der Waals surface area contributed by atoms with Gasteiger partial charge in [-0.2, -0.15) is 0 Å². The maximum atomic E-state index is 11.9. The first-order valence-corrected chi connectivity index (χ1v) is 5.29. The van der Waals surface area contributed by atoms with E-state index in [1.54, 1.807) is 0 Å². The van der Waals surface area contributed by atoms with Gasteiger partial charge >= 0.3 is 0 Å². The summed E-state index contributed by atoms with van der Waals surface area (Å²) < 4.78 is 23.8. The number of rotatable bonds is 3. The van der Waals surface area contributed by atoms with Gasteiger partial charge < -0.3 is 11.1 Å². The Labute approximate surface area is 88.4 Å². The zero-order valence-electron chi connectivity index (χ0n) is 8.93. The number of hydrogen-bond acceptors (Lipinski definition) is 2. The highest BCUT2D eigenvalue weighted by molar-refractivity contribution is 5.86. The highest BCUT2D eigenvalue weighted by Gasteiger charge is 2.37. The molecule has 88 valence electrons. The van der Waals surface area contributed by atoms with E-state index in [-0.39, 0.29) is 0 Å². The fourth-order valence-corrected chi connectivity index (χ4v) is 2.14. The van der Waals surface area contributed by atoms with Crippen LogP contribution in [0, 0.1) is 5.92 Å². The summed E-state index contributed by atoms with van der Waals surface area (Å²) in [6.07, 6.45) is 0.605. The minimum Gasteiger partial charge on any atom is -0.349 e. The smallest absolute Gasteiger partial charge is 0.255 e. The van der Waals surface area contributed by atoms with Gasteiger partial charge in [0, 0.05) is 0 Å². The Balaban J connectivity index is 2.48. The molecule has 1 saturated carbocycles. The minimum absolute atomic E-state index is 0.390. The summed E-state index contributed by atoms with van der Waals surface area (Å²) in [5, 5.41) is 2.20. The van der Waals surface area contributed by atoms with E-state index in [2.05, 4.69) is 5.32 Å². The largest absolute Gasteiger partial charge is 0.349 e. The van der Waals surface area contributed by atoms with E-state index >= 15 is 0 Å². The molecule has 0 saturated heterocycles. The van der Waals surface area contributed by atoms with Gasteiger partial charge in [0.25, 0.3) is 6.43 Å². The number of alkyl halides is 2. The quantitative estimate of drug-likeness (QED) is 0.752. The fourth-order valence-electron chi connectivity index (χ4n) is 2.14. The lowest BCUT2D eigenvalue weighted by Crippen LogP contribution is -2.56. The Morgan fingerprint density at radius 3 is 2.87 bits per heavy atom. The summed E-state index contributed by atoms with van der Waals surface area (Å²) >= 11 is 0. The molecule has 2 atom stereocenters. The van der Waals surface area contributed by atoms with Crippen LogP contribution in [-0.4, -0.2) is 24.4 Å². The minimum atomic E-state index is -2.52. The van der Waals surface area contributed by atoms with Gasteiger partial charge in [-0.25, -0.2) is 8.78 Å². The molecule has 0 aromatic carbocycles. The van der Waals surface area contributed by atoms with E-state index in [1.807, 2.05) is 6.92 Å². The van der Waals surface area contributed by atoms with Crippen LogP contribution in [0.15, 0.2) is 0 Å². The number of carbonyl (C=O) groups excluding carboxylic acids is 1. The maximum absolute atomic E-state index is 11.9. The lowest BCUT2D eigenvalue weighted by molar-refractivity contribution is -0.128. The van der Waals surface area contributed by atoms with Crippen molar-refractivity contribution in [2.75, 3.05) is 6.54 Å². The number of nitrogens with one attached hydrogen (secondary N) is 1. The molecule has 3 N–H and O–H groups in total. The van der Waals surface area contributed by atoms with Gasteiger partial charge in [0.15, 0.2) is 0 Å². The van der Waals surface area contributed by atoms with E-state index < -0.39 is 24.4 Å². The van der Waals surface area contributed by atoms with Crippen molar-refractivity contribution >= 4 is 5.91 Å². The van der Waals surface area contributed by atoms with E-state index in [4.69, 9.17) is 5.73 Å². The SMILES string of the molecule is CC1CCCC(N)(C(=O)NCC(F)F)C1. The molecule has 0 spiro atoms. The lowest BCUT2D eigenvalue weighted by atomic mass is 9.76. The van der Waals surface area contributed by atoms with Gasteiger partial charge in [-0.05, 0) is 18.8 Å². The third-order valence-corrected chi connectivity index (χ3v) is 2.90. The van der Waals surface area contributed by atoms with Crippen LogP contribution >= 0.6 is 0 Å². The van der Waals surface area contributed by atoms with Gasteiger partial charge in [-0.15, -0.1) is 0 Å². The molecule has 1 fully saturated rings. The third-order valence-electron chi connectivity index (χ3n) is 2.90. The van der Waals surface area contributed by atoms with Crippen LogP contribution in [0.25, 0.3) is 0 Å². The molecule has 0 aromatic rings. The van der Waals surface area contributed by atoms with Crippen LogP contribution in [0.4, 0.5) is 8.78 Å². The first-order valence-electron chi connectivity index (χ1n) is 5.29. The molecule has 5 heteroatoms. The molecule has 0 aromatic heterocycles. The molecule has 1 rings (SSSR count). The van der Waals surface area contributed by atoms with Crippen molar-refractivity contribution in [1.29, 1.82) is 0 Å². The second kappa shape index (κ2) is 4.88. The van der Waals surface area contributed by atoms with Crippen LogP contribution in [0.3, 0.4) is 0 Å². The van der Waals surface area contributed by atoms with Crippen molar-refractivity contribution in [1.82, 2.24) is 5.32 Å². The molecule has 1 aliphatic rings. The van der Waals surface area contributed by atoms with Gasteiger partial charge in [-0.3, -0.25) is 4.79 Å². The first-order chi connectivity index (χ1) is 6.94. The van der Waals surface area contributed by atoms with E-state index in [0.29, 0.717) is 18.8 Å². The number of amides is 1. The summed E-state index contributed by atoms with van der Waals surface area (Å²) in [5.41, 5.74) is 4.98. The van der Waals surface area contributed by atoms with Crippen LogP contribution in [-0.2, 0) is 4.79 Å². The van der Waals surface area contributed by atoms with Gasteiger partial charge in [0.05, 0.1) is 12.1 Å². The predicted molar refractivity (Wildman–Crippen MR) is 53.6 cm³/mol. The Hall–Kier alpha value is -0.710. The molecular weight excluding hydrogens is 202 g/mol. The van der Waals surface area contributed by atoms with Crippen molar-refractivity contribution in [3.05, 3.63) is 0 Å². The third kappa shape index (κ3) is 3.41. The van der Waals surface area contributed by atoms with Crippen LogP contribution in [0.5, 0.6) is 0 Å². The number of hydrogen-bond donors (Lipinski definition) is 2. The topological polar surface area (TPSA) is 55.1 Å². The molecule has 0 radical (unpaired) electrons. The van der Waals surface area contributed by atoms with Gasteiger partial charge in [0.1, 0.15) is 0 Å². The van der Waals surface area contributed by atoms with E-state index in [0.717, 1.165) is 12.8 Å². The second-order valence-corrected chi connectivity index (χ2v) is 4.46. The van der Waals surface area contributed by atoms with Crippen LogP contribution < -0.4 is 11.1 Å². The Morgan fingerprint density at radius 2 is 2.33 bits per heavy atom. The second-order valence-electron chi connectivity index (χ2n) is 4.46. The molecule has 1 aliphatic carbocycles. The summed E-state index contributed by atoms with van der Waals surface area (Å²) in [5.74, 6) is -0.0459. The summed E-state index contributed by atoms with van der Waals surface area (Å²) in [6.45, 7) is 1.42. The molecule has 0 aliphatic heterocycles. The zero-order chi connectivity index (χ0) is 11.5. The Kier molecular flexibility index (Phi) is 4.02. The Morgan fingerprint density at radius 1 is 1.67 bits per heavy atom. The highest BCUT2D eigenvalue weighted by Crippen LogP contribution is 2.30. The molecule has 1 amide bonds. The number of carbonyl (C=O) groups is 1. The molecule has 2 unspecified atom stereocenters. The van der Waals surface area contributed by atoms with Crippen LogP contribution in [0.1, 0.15) is 32.6 Å². The van der Waals surface area contributed by atoms with E-state index in [9.17, 15) is 13.6 Å². The van der Waals surface area contributed by atoms with E-state index in [1.165, 1.54) is 0 Å².